The molecule has 1 aromatic heterocycles. The van der Waals surface area contributed by atoms with Crippen molar-refractivity contribution in [1.82, 2.24) is 9.97 Å². The van der Waals surface area contributed by atoms with Crippen molar-refractivity contribution in [2.75, 3.05) is 11.9 Å². The van der Waals surface area contributed by atoms with Gasteiger partial charge < -0.3 is 10.1 Å². The van der Waals surface area contributed by atoms with Crippen LogP contribution in [0.1, 0.15) is 13.3 Å². The third-order valence-electron chi connectivity index (χ3n) is 2.20. The summed E-state index contributed by atoms with van der Waals surface area (Å²) in [5.41, 5.74) is 0. The standard InChI is InChI=1S/C13H14ClN3O/c1-2-7-16-12-8-15-9-13(17-12)18-11-5-3-10(14)4-6-11/h3-6,8-9H,2,7H2,1H3,(H,16,17). The van der Waals surface area contributed by atoms with Gasteiger partial charge in [-0.05, 0) is 30.7 Å². The van der Waals surface area contributed by atoms with Crippen LogP contribution in [0.15, 0.2) is 36.7 Å². The first-order valence-electron chi connectivity index (χ1n) is 5.77. The van der Waals surface area contributed by atoms with Crippen molar-refractivity contribution in [3.05, 3.63) is 41.7 Å². The van der Waals surface area contributed by atoms with E-state index in [0.29, 0.717) is 22.5 Å². The van der Waals surface area contributed by atoms with Gasteiger partial charge in [-0.3, -0.25) is 4.98 Å². The zero-order chi connectivity index (χ0) is 12.8. The minimum Gasteiger partial charge on any atom is -0.437 e. The monoisotopic (exact) mass is 263 g/mol. The maximum atomic E-state index is 5.80. The number of nitrogens with one attached hydrogen (secondary N) is 1. The Morgan fingerprint density at radius 1 is 1.22 bits per heavy atom. The molecule has 2 aromatic rings. The second-order valence-electron chi connectivity index (χ2n) is 3.73. The van der Waals surface area contributed by atoms with Crippen molar-refractivity contribution in [2.24, 2.45) is 0 Å². The number of anilines is 1. The molecule has 0 saturated carbocycles. The molecule has 0 spiro atoms. The average Bonchev–Trinajstić information content (AvgIpc) is 2.40. The van der Waals surface area contributed by atoms with E-state index in [0.717, 1.165) is 13.0 Å². The van der Waals surface area contributed by atoms with Gasteiger partial charge in [-0.25, -0.2) is 0 Å². The number of benzene rings is 1. The number of hydrogen-bond acceptors (Lipinski definition) is 4. The number of ether oxygens (including phenoxy) is 1. The summed E-state index contributed by atoms with van der Waals surface area (Å²) >= 11 is 5.80. The van der Waals surface area contributed by atoms with Gasteiger partial charge in [0.15, 0.2) is 0 Å². The Labute approximate surface area is 111 Å². The van der Waals surface area contributed by atoms with Gasteiger partial charge in [0.05, 0.1) is 12.4 Å². The fourth-order valence-corrected chi connectivity index (χ4v) is 1.48. The zero-order valence-corrected chi connectivity index (χ0v) is 10.8. The summed E-state index contributed by atoms with van der Waals surface area (Å²) in [5.74, 6) is 1.85. The first-order chi connectivity index (χ1) is 8.78. The van der Waals surface area contributed by atoms with E-state index in [4.69, 9.17) is 16.3 Å². The molecule has 2 rings (SSSR count). The van der Waals surface area contributed by atoms with Crippen LogP contribution < -0.4 is 10.1 Å². The molecule has 0 aliphatic carbocycles. The minimum atomic E-state index is 0.457. The van der Waals surface area contributed by atoms with E-state index < -0.39 is 0 Å². The molecule has 1 aromatic carbocycles. The molecule has 0 amide bonds. The Morgan fingerprint density at radius 3 is 2.72 bits per heavy atom. The van der Waals surface area contributed by atoms with Crippen LogP contribution in [0.2, 0.25) is 5.02 Å². The van der Waals surface area contributed by atoms with Crippen molar-refractivity contribution in [1.29, 1.82) is 0 Å². The van der Waals surface area contributed by atoms with Gasteiger partial charge in [-0.1, -0.05) is 18.5 Å². The van der Waals surface area contributed by atoms with Crippen molar-refractivity contribution in [3.63, 3.8) is 0 Å². The van der Waals surface area contributed by atoms with Crippen LogP contribution in [-0.4, -0.2) is 16.5 Å². The highest BCUT2D eigenvalue weighted by Crippen LogP contribution is 2.21. The first-order valence-corrected chi connectivity index (χ1v) is 6.15. The topological polar surface area (TPSA) is 47.0 Å². The van der Waals surface area contributed by atoms with Crippen molar-refractivity contribution in [2.45, 2.75) is 13.3 Å². The summed E-state index contributed by atoms with van der Waals surface area (Å²) in [4.78, 5) is 8.37. The number of nitrogens with zero attached hydrogens (tertiary/aromatic N) is 2. The van der Waals surface area contributed by atoms with E-state index in [1.165, 1.54) is 0 Å². The lowest BCUT2D eigenvalue weighted by atomic mass is 10.3. The lowest BCUT2D eigenvalue weighted by Crippen LogP contribution is -2.02. The maximum Gasteiger partial charge on any atom is 0.239 e. The van der Waals surface area contributed by atoms with Crippen LogP contribution in [-0.2, 0) is 0 Å². The molecule has 0 radical (unpaired) electrons. The third kappa shape index (κ3) is 3.60. The normalized spacial score (nSPS) is 10.1. The maximum absolute atomic E-state index is 5.80. The van der Waals surface area contributed by atoms with Gasteiger partial charge in [0, 0.05) is 11.6 Å². The molecule has 0 unspecified atom stereocenters. The summed E-state index contributed by atoms with van der Waals surface area (Å²) < 4.78 is 5.58. The van der Waals surface area contributed by atoms with Crippen LogP contribution in [0, 0.1) is 0 Å². The van der Waals surface area contributed by atoms with E-state index in [2.05, 4.69) is 22.2 Å². The minimum absolute atomic E-state index is 0.457. The fourth-order valence-electron chi connectivity index (χ4n) is 1.36. The number of halogens is 1. The lowest BCUT2D eigenvalue weighted by molar-refractivity contribution is 0.461. The smallest absolute Gasteiger partial charge is 0.239 e. The Balaban J connectivity index is 2.06. The molecule has 4 nitrogen and oxygen atoms in total. The van der Waals surface area contributed by atoms with Gasteiger partial charge in [-0.2, -0.15) is 4.98 Å². The number of aromatic nitrogens is 2. The molecule has 94 valence electrons. The SMILES string of the molecule is CCCNc1cncc(Oc2ccc(Cl)cc2)n1. The van der Waals surface area contributed by atoms with Crippen LogP contribution in [0.25, 0.3) is 0 Å². The Kier molecular flexibility index (Phi) is 4.36. The predicted octanol–water partition coefficient (Wildman–Crippen LogP) is 3.74. The summed E-state index contributed by atoms with van der Waals surface area (Å²) in [6.45, 7) is 2.95. The van der Waals surface area contributed by atoms with Gasteiger partial charge in [-0.15, -0.1) is 0 Å². The van der Waals surface area contributed by atoms with Gasteiger partial charge >= 0.3 is 0 Å². The van der Waals surface area contributed by atoms with Gasteiger partial charge in [0.25, 0.3) is 0 Å². The summed E-state index contributed by atoms with van der Waals surface area (Å²) in [5, 5.41) is 3.83. The van der Waals surface area contributed by atoms with E-state index in [9.17, 15) is 0 Å². The molecule has 0 aliphatic heterocycles. The second kappa shape index (κ2) is 6.21. The average molecular weight is 264 g/mol. The van der Waals surface area contributed by atoms with Gasteiger partial charge in [0.2, 0.25) is 5.88 Å². The Hall–Kier alpha value is -1.81. The van der Waals surface area contributed by atoms with Crippen molar-refractivity contribution >= 4 is 17.4 Å². The quantitative estimate of drug-likeness (QED) is 0.893. The highest BCUT2D eigenvalue weighted by Gasteiger charge is 2.01. The van der Waals surface area contributed by atoms with Crippen molar-refractivity contribution < 1.29 is 4.74 Å². The molecular formula is C13H14ClN3O. The number of hydrogen-bond donors (Lipinski definition) is 1. The van der Waals surface area contributed by atoms with E-state index in [-0.39, 0.29) is 0 Å². The molecule has 0 fully saturated rings. The molecule has 0 saturated heterocycles. The number of rotatable bonds is 5. The highest BCUT2D eigenvalue weighted by molar-refractivity contribution is 6.30. The molecule has 0 bridgehead atoms. The lowest BCUT2D eigenvalue weighted by Gasteiger charge is -2.07. The molecule has 0 atom stereocenters. The van der Waals surface area contributed by atoms with E-state index >= 15 is 0 Å². The van der Waals surface area contributed by atoms with E-state index in [1.54, 1.807) is 36.7 Å². The van der Waals surface area contributed by atoms with Crippen LogP contribution in [0.3, 0.4) is 0 Å². The molecule has 18 heavy (non-hydrogen) atoms. The molecule has 1 N–H and O–H groups in total. The van der Waals surface area contributed by atoms with Crippen molar-refractivity contribution in [3.8, 4) is 11.6 Å². The summed E-state index contributed by atoms with van der Waals surface area (Å²) in [6, 6.07) is 7.11. The second-order valence-corrected chi connectivity index (χ2v) is 4.16. The molecule has 1 heterocycles. The van der Waals surface area contributed by atoms with Crippen LogP contribution in [0.4, 0.5) is 5.82 Å². The Bertz CT molecular complexity index is 502. The van der Waals surface area contributed by atoms with E-state index in [1.807, 2.05) is 0 Å². The van der Waals surface area contributed by atoms with Crippen LogP contribution in [0.5, 0.6) is 11.6 Å². The van der Waals surface area contributed by atoms with Crippen LogP contribution >= 0.6 is 11.6 Å². The zero-order valence-electron chi connectivity index (χ0n) is 10.1. The summed E-state index contributed by atoms with van der Waals surface area (Å²) in [7, 11) is 0. The van der Waals surface area contributed by atoms with Gasteiger partial charge in [0.1, 0.15) is 11.6 Å². The molecule has 5 heteroatoms. The molecule has 0 aliphatic rings. The Morgan fingerprint density at radius 2 is 2.00 bits per heavy atom. The third-order valence-corrected chi connectivity index (χ3v) is 2.46. The largest absolute Gasteiger partial charge is 0.437 e. The fraction of sp³-hybridized carbons (Fsp3) is 0.231. The first kappa shape index (κ1) is 12.6. The summed E-state index contributed by atoms with van der Waals surface area (Å²) in [6.07, 6.45) is 4.28. The highest BCUT2D eigenvalue weighted by atomic mass is 35.5. The molecular weight excluding hydrogens is 250 g/mol. The predicted molar refractivity (Wildman–Crippen MR) is 72.3 cm³/mol.